The number of aryl methyl sites for hydroxylation is 1. The first-order valence-electron chi connectivity index (χ1n) is 6.22. The maximum absolute atomic E-state index is 6.19. The molecule has 1 heterocycles. The van der Waals surface area contributed by atoms with E-state index < -0.39 is 0 Å². The molecule has 0 aliphatic carbocycles. The molecule has 2 aromatic rings. The fraction of sp³-hybridized carbons (Fsp3) is 0.357. The molecule has 0 aliphatic heterocycles. The highest BCUT2D eigenvalue weighted by atomic mass is 35.5. The molecule has 0 fully saturated rings. The second kappa shape index (κ2) is 6.03. The summed E-state index contributed by atoms with van der Waals surface area (Å²) in [4.78, 5) is 0. The van der Waals surface area contributed by atoms with E-state index in [0.717, 1.165) is 35.5 Å². The van der Waals surface area contributed by atoms with E-state index in [0.29, 0.717) is 0 Å². The molecular formula is C14H18ClN3. The summed E-state index contributed by atoms with van der Waals surface area (Å²) in [5.41, 5.74) is 8.33. The molecule has 0 saturated carbocycles. The van der Waals surface area contributed by atoms with Gasteiger partial charge in [-0.15, -0.1) is 0 Å². The van der Waals surface area contributed by atoms with Crippen LogP contribution in [0, 0.1) is 0 Å². The van der Waals surface area contributed by atoms with E-state index in [1.165, 1.54) is 0 Å². The summed E-state index contributed by atoms with van der Waals surface area (Å²) in [6, 6.07) is 7.75. The second-order valence-electron chi connectivity index (χ2n) is 4.44. The Balaban J connectivity index is 2.07. The number of benzene rings is 1. The van der Waals surface area contributed by atoms with E-state index in [1.807, 2.05) is 41.3 Å². The van der Waals surface area contributed by atoms with Crippen LogP contribution in [0.4, 0.5) is 0 Å². The van der Waals surface area contributed by atoms with Crippen LogP contribution in [0.15, 0.2) is 36.7 Å². The fourth-order valence-corrected chi connectivity index (χ4v) is 2.15. The summed E-state index contributed by atoms with van der Waals surface area (Å²) < 4.78 is 1.93. The molecule has 96 valence electrons. The molecule has 18 heavy (non-hydrogen) atoms. The molecule has 1 aromatic carbocycles. The SMILES string of the molecule is CCCn1cc(C(N)Cc2ccccc2Cl)cn1. The van der Waals surface area contributed by atoms with Crippen molar-refractivity contribution in [2.24, 2.45) is 5.73 Å². The Kier molecular flexibility index (Phi) is 4.39. The third-order valence-electron chi connectivity index (χ3n) is 2.93. The third kappa shape index (κ3) is 3.12. The number of hydrogen-bond acceptors (Lipinski definition) is 2. The Morgan fingerprint density at radius 2 is 2.17 bits per heavy atom. The van der Waals surface area contributed by atoms with Gasteiger partial charge >= 0.3 is 0 Å². The minimum absolute atomic E-state index is 0.0597. The van der Waals surface area contributed by atoms with Crippen molar-refractivity contribution in [3.05, 3.63) is 52.8 Å². The molecule has 2 N–H and O–H groups in total. The smallest absolute Gasteiger partial charge is 0.0537 e. The van der Waals surface area contributed by atoms with Gasteiger partial charge in [-0.3, -0.25) is 4.68 Å². The standard InChI is InChI=1S/C14H18ClN3/c1-2-7-18-10-12(9-17-18)14(16)8-11-5-3-4-6-13(11)15/h3-6,9-10,14H,2,7-8,16H2,1H3. The van der Waals surface area contributed by atoms with E-state index >= 15 is 0 Å². The van der Waals surface area contributed by atoms with Crippen LogP contribution in [0.3, 0.4) is 0 Å². The Hall–Kier alpha value is -1.32. The maximum atomic E-state index is 6.19. The van der Waals surface area contributed by atoms with Crippen molar-refractivity contribution in [1.82, 2.24) is 9.78 Å². The van der Waals surface area contributed by atoms with Gasteiger partial charge in [-0.25, -0.2) is 0 Å². The van der Waals surface area contributed by atoms with E-state index in [4.69, 9.17) is 17.3 Å². The summed E-state index contributed by atoms with van der Waals surface area (Å²) in [5, 5.41) is 5.07. The predicted molar refractivity (Wildman–Crippen MR) is 74.6 cm³/mol. The van der Waals surface area contributed by atoms with Crippen LogP contribution >= 0.6 is 11.6 Å². The van der Waals surface area contributed by atoms with Crippen molar-refractivity contribution in [3.63, 3.8) is 0 Å². The lowest BCUT2D eigenvalue weighted by molar-refractivity contribution is 0.601. The number of rotatable bonds is 5. The van der Waals surface area contributed by atoms with Crippen molar-refractivity contribution in [1.29, 1.82) is 0 Å². The highest BCUT2D eigenvalue weighted by Crippen LogP contribution is 2.21. The summed E-state index contributed by atoms with van der Waals surface area (Å²) >= 11 is 6.13. The zero-order valence-electron chi connectivity index (χ0n) is 10.5. The molecule has 0 saturated heterocycles. The molecule has 0 bridgehead atoms. The molecule has 0 amide bonds. The van der Waals surface area contributed by atoms with E-state index in [1.54, 1.807) is 0 Å². The van der Waals surface area contributed by atoms with Crippen molar-refractivity contribution in [3.8, 4) is 0 Å². The summed E-state index contributed by atoms with van der Waals surface area (Å²) in [6.45, 7) is 3.06. The van der Waals surface area contributed by atoms with Crippen LogP contribution < -0.4 is 5.73 Å². The lowest BCUT2D eigenvalue weighted by Gasteiger charge is -2.10. The van der Waals surface area contributed by atoms with E-state index in [9.17, 15) is 0 Å². The molecule has 2 rings (SSSR count). The van der Waals surface area contributed by atoms with Gasteiger partial charge < -0.3 is 5.73 Å². The third-order valence-corrected chi connectivity index (χ3v) is 3.30. The average molecular weight is 264 g/mol. The van der Waals surface area contributed by atoms with Crippen LogP contribution in [0.2, 0.25) is 5.02 Å². The number of nitrogens with zero attached hydrogens (tertiary/aromatic N) is 2. The molecule has 1 atom stereocenters. The van der Waals surface area contributed by atoms with E-state index in [2.05, 4.69) is 12.0 Å². The van der Waals surface area contributed by atoms with Gasteiger partial charge in [0.2, 0.25) is 0 Å². The molecule has 0 radical (unpaired) electrons. The Labute approximate surface area is 113 Å². The zero-order chi connectivity index (χ0) is 13.0. The molecule has 1 unspecified atom stereocenters. The first kappa shape index (κ1) is 13.1. The normalized spacial score (nSPS) is 12.6. The van der Waals surface area contributed by atoms with Gasteiger partial charge in [-0.1, -0.05) is 36.7 Å². The van der Waals surface area contributed by atoms with Crippen molar-refractivity contribution in [2.45, 2.75) is 32.4 Å². The topological polar surface area (TPSA) is 43.8 Å². The van der Waals surface area contributed by atoms with Gasteiger partial charge in [0.05, 0.1) is 6.20 Å². The van der Waals surface area contributed by atoms with Gasteiger partial charge in [0.15, 0.2) is 0 Å². The first-order valence-corrected chi connectivity index (χ1v) is 6.60. The van der Waals surface area contributed by atoms with Crippen LogP contribution in [0.5, 0.6) is 0 Å². The Bertz CT molecular complexity index is 507. The molecule has 0 aliphatic rings. The van der Waals surface area contributed by atoms with Crippen molar-refractivity contribution < 1.29 is 0 Å². The molecule has 1 aromatic heterocycles. The lowest BCUT2D eigenvalue weighted by atomic mass is 10.0. The highest BCUT2D eigenvalue weighted by Gasteiger charge is 2.11. The largest absolute Gasteiger partial charge is 0.324 e. The molecule has 3 nitrogen and oxygen atoms in total. The summed E-state index contributed by atoms with van der Waals surface area (Å²) in [6.07, 6.45) is 5.67. The van der Waals surface area contributed by atoms with E-state index in [-0.39, 0.29) is 6.04 Å². The van der Waals surface area contributed by atoms with Crippen LogP contribution in [-0.2, 0) is 13.0 Å². The van der Waals surface area contributed by atoms with Gasteiger partial charge in [0.1, 0.15) is 0 Å². The Morgan fingerprint density at radius 1 is 1.39 bits per heavy atom. The van der Waals surface area contributed by atoms with Crippen LogP contribution in [0.1, 0.15) is 30.5 Å². The second-order valence-corrected chi connectivity index (χ2v) is 4.85. The molecule has 4 heteroatoms. The number of hydrogen-bond donors (Lipinski definition) is 1. The van der Waals surface area contributed by atoms with Crippen LogP contribution in [0.25, 0.3) is 0 Å². The minimum Gasteiger partial charge on any atom is -0.324 e. The predicted octanol–water partition coefficient (Wildman–Crippen LogP) is 3.19. The monoisotopic (exact) mass is 263 g/mol. The maximum Gasteiger partial charge on any atom is 0.0537 e. The lowest BCUT2D eigenvalue weighted by Crippen LogP contribution is -2.13. The summed E-state index contributed by atoms with van der Waals surface area (Å²) in [7, 11) is 0. The number of halogens is 1. The first-order chi connectivity index (χ1) is 8.70. The van der Waals surface area contributed by atoms with Gasteiger partial charge in [-0.05, 0) is 24.5 Å². The average Bonchev–Trinajstić information content (AvgIpc) is 2.81. The van der Waals surface area contributed by atoms with Gasteiger partial charge in [0, 0.05) is 29.4 Å². The quantitative estimate of drug-likeness (QED) is 0.900. The van der Waals surface area contributed by atoms with Crippen LogP contribution in [-0.4, -0.2) is 9.78 Å². The fourth-order valence-electron chi connectivity index (χ4n) is 1.94. The zero-order valence-corrected chi connectivity index (χ0v) is 11.3. The number of aromatic nitrogens is 2. The highest BCUT2D eigenvalue weighted by molar-refractivity contribution is 6.31. The molecular weight excluding hydrogens is 246 g/mol. The van der Waals surface area contributed by atoms with Crippen molar-refractivity contribution in [2.75, 3.05) is 0 Å². The van der Waals surface area contributed by atoms with Crippen molar-refractivity contribution >= 4 is 11.6 Å². The summed E-state index contributed by atoms with van der Waals surface area (Å²) in [5.74, 6) is 0. The number of nitrogens with two attached hydrogens (primary N) is 1. The Morgan fingerprint density at radius 3 is 2.89 bits per heavy atom. The van der Waals surface area contributed by atoms with Gasteiger partial charge in [-0.2, -0.15) is 5.10 Å². The molecule has 0 spiro atoms. The minimum atomic E-state index is -0.0597. The van der Waals surface area contributed by atoms with Gasteiger partial charge in [0.25, 0.3) is 0 Å².